The molecule has 3 nitrogen and oxygen atoms in total. The molecule has 0 bridgehead atoms. The lowest BCUT2D eigenvalue weighted by Crippen LogP contribution is -2.14. The lowest BCUT2D eigenvalue weighted by Gasteiger charge is -2.08. The zero-order chi connectivity index (χ0) is 14.5. The third-order valence-electron chi connectivity index (χ3n) is 2.77. The maximum atomic E-state index is 11.9. The van der Waals surface area contributed by atoms with E-state index < -0.39 is 0 Å². The van der Waals surface area contributed by atoms with Gasteiger partial charge in [-0.2, -0.15) is 0 Å². The van der Waals surface area contributed by atoms with Crippen molar-refractivity contribution in [2.75, 3.05) is 16.8 Å². The Bertz CT molecular complexity index is 614. The first kappa shape index (κ1) is 14.8. The lowest BCUT2D eigenvalue weighted by molar-refractivity contribution is -0.113. The number of thioether (sulfide) groups is 1. The predicted molar refractivity (Wildman–Crippen MR) is 86.4 cm³/mol. The molecule has 2 aromatic carbocycles. The molecule has 0 aliphatic heterocycles. The number of halogens is 1. The van der Waals surface area contributed by atoms with Gasteiger partial charge in [-0.1, -0.05) is 23.7 Å². The monoisotopic (exact) mass is 306 g/mol. The highest BCUT2D eigenvalue weighted by atomic mass is 35.5. The Kier molecular flexibility index (Phi) is 4.93. The number of para-hydroxylation sites is 1. The van der Waals surface area contributed by atoms with Crippen molar-refractivity contribution >= 4 is 40.6 Å². The molecule has 0 unspecified atom stereocenters. The maximum Gasteiger partial charge on any atom is 0.234 e. The van der Waals surface area contributed by atoms with E-state index in [9.17, 15) is 4.79 Å². The second-order valence-electron chi connectivity index (χ2n) is 4.33. The van der Waals surface area contributed by atoms with Crippen molar-refractivity contribution < 1.29 is 4.79 Å². The Labute approximate surface area is 127 Å². The first-order chi connectivity index (χ1) is 9.56. The Hall–Kier alpha value is -1.65. The number of nitrogen functional groups attached to an aromatic ring is 1. The van der Waals surface area contributed by atoms with E-state index in [1.165, 1.54) is 11.8 Å². The van der Waals surface area contributed by atoms with Crippen LogP contribution in [0.3, 0.4) is 0 Å². The zero-order valence-corrected chi connectivity index (χ0v) is 12.6. The minimum Gasteiger partial charge on any atom is -0.398 e. The second kappa shape index (κ2) is 6.68. The Morgan fingerprint density at radius 1 is 1.25 bits per heavy atom. The number of hydrogen-bond donors (Lipinski definition) is 2. The van der Waals surface area contributed by atoms with Crippen LogP contribution in [-0.4, -0.2) is 11.7 Å². The normalized spacial score (nSPS) is 10.3. The summed E-state index contributed by atoms with van der Waals surface area (Å²) in [5.41, 5.74) is 8.46. The smallest absolute Gasteiger partial charge is 0.234 e. The van der Waals surface area contributed by atoms with E-state index in [0.717, 1.165) is 21.8 Å². The molecule has 0 atom stereocenters. The van der Waals surface area contributed by atoms with Gasteiger partial charge in [0.1, 0.15) is 0 Å². The second-order valence-corrected chi connectivity index (χ2v) is 5.78. The molecule has 0 saturated heterocycles. The van der Waals surface area contributed by atoms with Crippen molar-refractivity contribution in [3.05, 3.63) is 53.1 Å². The van der Waals surface area contributed by atoms with E-state index in [0.29, 0.717) is 10.8 Å². The van der Waals surface area contributed by atoms with E-state index >= 15 is 0 Å². The molecule has 0 aliphatic carbocycles. The predicted octanol–water partition coefficient (Wildman–Crippen LogP) is 3.96. The Morgan fingerprint density at radius 3 is 2.65 bits per heavy atom. The molecule has 3 N–H and O–H groups in total. The summed E-state index contributed by atoms with van der Waals surface area (Å²) in [5, 5.41) is 3.46. The fraction of sp³-hybridized carbons (Fsp3) is 0.133. The number of carbonyl (C=O) groups is 1. The highest BCUT2D eigenvalue weighted by molar-refractivity contribution is 8.00. The highest BCUT2D eigenvalue weighted by Crippen LogP contribution is 2.27. The van der Waals surface area contributed by atoms with Gasteiger partial charge >= 0.3 is 0 Å². The fourth-order valence-corrected chi connectivity index (χ4v) is 2.63. The summed E-state index contributed by atoms with van der Waals surface area (Å²) < 4.78 is 0. The Balaban J connectivity index is 1.92. The van der Waals surface area contributed by atoms with Gasteiger partial charge < -0.3 is 11.1 Å². The molecule has 2 rings (SSSR count). The van der Waals surface area contributed by atoms with Crippen molar-refractivity contribution in [3.63, 3.8) is 0 Å². The molecule has 2 aromatic rings. The molecule has 0 fully saturated rings. The third kappa shape index (κ3) is 3.92. The van der Waals surface area contributed by atoms with Gasteiger partial charge in [0.25, 0.3) is 0 Å². The van der Waals surface area contributed by atoms with Gasteiger partial charge in [-0.25, -0.2) is 0 Å². The Morgan fingerprint density at radius 2 is 1.95 bits per heavy atom. The molecule has 0 heterocycles. The average Bonchev–Trinajstić information content (AvgIpc) is 2.43. The molecule has 0 saturated carbocycles. The van der Waals surface area contributed by atoms with E-state index in [2.05, 4.69) is 5.32 Å². The van der Waals surface area contributed by atoms with E-state index in [-0.39, 0.29) is 5.91 Å². The first-order valence-electron chi connectivity index (χ1n) is 6.09. The number of rotatable bonds is 4. The van der Waals surface area contributed by atoms with Gasteiger partial charge in [-0.15, -0.1) is 11.8 Å². The van der Waals surface area contributed by atoms with Crippen molar-refractivity contribution in [1.82, 2.24) is 0 Å². The third-order valence-corrected chi connectivity index (χ3v) is 4.10. The molecular formula is C15H15ClN2OS. The minimum atomic E-state index is -0.0711. The number of nitrogens with two attached hydrogens (primary N) is 1. The van der Waals surface area contributed by atoms with Crippen molar-refractivity contribution in [1.29, 1.82) is 0 Å². The summed E-state index contributed by atoms with van der Waals surface area (Å²) in [6.45, 7) is 1.95. The van der Waals surface area contributed by atoms with Crippen LogP contribution in [0.2, 0.25) is 5.02 Å². The van der Waals surface area contributed by atoms with Crippen LogP contribution >= 0.6 is 23.4 Å². The van der Waals surface area contributed by atoms with Gasteiger partial charge in [0, 0.05) is 21.3 Å². The van der Waals surface area contributed by atoms with Crippen LogP contribution in [0.1, 0.15) is 5.56 Å². The van der Waals surface area contributed by atoms with Gasteiger partial charge in [0.05, 0.1) is 5.75 Å². The number of nitrogens with one attached hydrogen (secondary N) is 1. The molecule has 0 aliphatic rings. The fourth-order valence-electron chi connectivity index (χ4n) is 1.65. The SMILES string of the molecule is Cc1cccc(SCC(=O)Nc2ccc(Cl)cc2)c1N. The molecule has 0 radical (unpaired) electrons. The van der Waals surface area contributed by atoms with Crippen LogP contribution < -0.4 is 11.1 Å². The van der Waals surface area contributed by atoms with Gasteiger partial charge in [0.2, 0.25) is 5.91 Å². The number of anilines is 2. The molecule has 0 aromatic heterocycles. The maximum absolute atomic E-state index is 11.9. The summed E-state index contributed by atoms with van der Waals surface area (Å²) in [6, 6.07) is 12.8. The highest BCUT2D eigenvalue weighted by Gasteiger charge is 2.07. The summed E-state index contributed by atoms with van der Waals surface area (Å²) in [4.78, 5) is 12.8. The van der Waals surface area contributed by atoms with Crippen LogP contribution in [0.4, 0.5) is 11.4 Å². The number of hydrogen-bond acceptors (Lipinski definition) is 3. The van der Waals surface area contributed by atoms with Crippen LogP contribution in [0.15, 0.2) is 47.4 Å². The largest absolute Gasteiger partial charge is 0.398 e. The zero-order valence-electron chi connectivity index (χ0n) is 11.0. The topological polar surface area (TPSA) is 55.1 Å². The van der Waals surface area contributed by atoms with Crippen molar-refractivity contribution in [2.24, 2.45) is 0 Å². The molecule has 20 heavy (non-hydrogen) atoms. The molecular weight excluding hydrogens is 292 g/mol. The van der Waals surface area contributed by atoms with E-state index in [1.807, 2.05) is 25.1 Å². The lowest BCUT2D eigenvalue weighted by atomic mass is 10.2. The number of carbonyl (C=O) groups excluding carboxylic acids is 1. The van der Waals surface area contributed by atoms with E-state index in [4.69, 9.17) is 17.3 Å². The summed E-state index contributed by atoms with van der Waals surface area (Å²) >= 11 is 7.22. The van der Waals surface area contributed by atoms with Crippen LogP contribution in [0.5, 0.6) is 0 Å². The summed E-state index contributed by atoms with van der Waals surface area (Å²) in [5.74, 6) is 0.245. The number of benzene rings is 2. The van der Waals surface area contributed by atoms with E-state index in [1.54, 1.807) is 24.3 Å². The van der Waals surface area contributed by atoms with Crippen molar-refractivity contribution in [2.45, 2.75) is 11.8 Å². The quantitative estimate of drug-likeness (QED) is 0.664. The summed E-state index contributed by atoms with van der Waals surface area (Å²) in [7, 11) is 0. The minimum absolute atomic E-state index is 0.0711. The van der Waals surface area contributed by atoms with Crippen molar-refractivity contribution in [3.8, 4) is 0 Å². The molecule has 104 valence electrons. The molecule has 5 heteroatoms. The van der Waals surface area contributed by atoms with Crippen LogP contribution in [0, 0.1) is 6.92 Å². The van der Waals surface area contributed by atoms with Gasteiger partial charge in [0.15, 0.2) is 0 Å². The average molecular weight is 307 g/mol. The summed E-state index contributed by atoms with van der Waals surface area (Å²) in [6.07, 6.45) is 0. The first-order valence-corrected chi connectivity index (χ1v) is 7.46. The van der Waals surface area contributed by atoms with Gasteiger partial charge in [-0.3, -0.25) is 4.79 Å². The standard InChI is InChI=1S/C15H15ClN2OS/c1-10-3-2-4-13(15(10)17)20-9-14(19)18-12-7-5-11(16)6-8-12/h2-8H,9,17H2,1H3,(H,18,19). The number of aryl methyl sites for hydroxylation is 1. The van der Waals surface area contributed by atoms with Crippen LogP contribution in [0.25, 0.3) is 0 Å². The number of amides is 1. The van der Waals surface area contributed by atoms with Crippen LogP contribution in [-0.2, 0) is 4.79 Å². The van der Waals surface area contributed by atoms with Gasteiger partial charge in [-0.05, 0) is 42.8 Å². The molecule has 0 spiro atoms. The molecule has 1 amide bonds.